The zero-order valence-corrected chi connectivity index (χ0v) is 13.5. The number of likely N-dealkylation sites (tertiary alicyclic amines) is 1. The summed E-state index contributed by atoms with van der Waals surface area (Å²) in [5, 5.41) is 9.43. The summed E-state index contributed by atoms with van der Waals surface area (Å²) in [4.78, 5) is 13.6. The molecule has 0 radical (unpaired) electrons. The van der Waals surface area contributed by atoms with Crippen molar-refractivity contribution in [2.75, 3.05) is 13.1 Å². The second kappa shape index (κ2) is 6.36. The van der Waals surface area contributed by atoms with Crippen LogP contribution in [0.2, 0.25) is 0 Å². The van der Waals surface area contributed by atoms with Crippen LogP contribution in [0.5, 0.6) is 5.75 Å². The molecule has 5 heteroatoms. The van der Waals surface area contributed by atoms with Crippen LogP contribution in [0.25, 0.3) is 0 Å². The average Bonchev–Trinajstić information content (AvgIpc) is 2.66. The minimum atomic E-state index is -0.699. The van der Waals surface area contributed by atoms with E-state index in [0.29, 0.717) is 6.54 Å². The van der Waals surface area contributed by atoms with Crippen LogP contribution in [0, 0.1) is 0 Å². The molecule has 2 atom stereocenters. The maximum absolute atomic E-state index is 11.5. The van der Waals surface area contributed by atoms with Gasteiger partial charge in [-0.2, -0.15) is 0 Å². The standard InChI is InChI=1S/C16H20BrNO3/c17-12-5-6-15-11(8-12)9-13(21-15)10-18-7-3-1-2-4-14(18)16(19)20/h5-6,8,13-14H,1-4,7,9-10H2,(H,19,20). The van der Waals surface area contributed by atoms with Crippen LogP contribution in [0.1, 0.15) is 31.2 Å². The maximum atomic E-state index is 11.5. The quantitative estimate of drug-likeness (QED) is 0.906. The van der Waals surface area contributed by atoms with Crippen LogP contribution in [0.15, 0.2) is 22.7 Å². The molecule has 114 valence electrons. The van der Waals surface area contributed by atoms with Crippen molar-refractivity contribution in [3.8, 4) is 5.75 Å². The normalized spacial score (nSPS) is 26.0. The SMILES string of the molecule is O=C(O)C1CCCCCN1CC1Cc2cc(Br)ccc2O1. The Morgan fingerprint density at radius 2 is 2.24 bits per heavy atom. The molecule has 2 heterocycles. The Labute approximate surface area is 133 Å². The number of hydrogen-bond acceptors (Lipinski definition) is 3. The summed E-state index contributed by atoms with van der Waals surface area (Å²) in [5.41, 5.74) is 1.20. The molecule has 1 N–H and O–H groups in total. The lowest BCUT2D eigenvalue weighted by Gasteiger charge is -2.28. The van der Waals surface area contributed by atoms with Gasteiger partial charge in [-0.15, -0.1) is 0 Å². The largest absolute Gasteiger partial charge is 0.488 e. The van der Waals surface area contributed by atoms with Gasteiger partial charge in [0.2, 0.25) is 0 Å². The highest BCUT2D eigenvalue weighted by Crippen LogP contribution is 2.32. The number of carboxylic acids is 1. The third-order valence-corrected chi connectivity index (χ3v) is 4.84. The van der Waals surface area contributed by atoms with Gasteiger partial charge in [0.15, 0.2) is 0 Å². The Morgan fingerprint density at radius 3 is 3.05 bits per heavy atom. The van der Waals surface area contributed by atoms with Crippen molar-refractivity contribution in [2.24, 2.45) is 0 Å². The van der Waals surface area contributed by atoms with E-state index >= 15 is 0 Å². The van der Waals surface area contributed by atoms with Crippen molar-refractivity contribution in [3.05, 3.63) is 28.2 Å². The van der Waals surface area contributed by atoms with Crippen LogP contribution in [-0.4, -0.2) is 41.2 Å². The molecular formula is C16H20BrNO3. The summed E-state index contributed by atoms with van der Waals surface area (Å²) >= 11 is 3.48. The number of halogens is 1. The molecule has 1 aromatic rings. The van der Waals surface area contributed by atoms with Crippen LogP contribution in [-0.2, 0) is 11.2 Å². The number of fused-ring (bicyclic) bond motifs is 1. The number of carboxylic acid groups (broad SMARTS) is 1. The molecule has 0 saturated carbocycles. The van der Waals surface area contributed by atoms with Gasteiger partial charge in [-0.1, -0.05) is 28.8 Å². The van der Waals surface area contributed by atoms with Crippen molar-refractivity contribution in [1.29, 1.82) is 0 Å². The Bertz CT molecular complexity index is 534. The minimum absolute atomic E-state index is 0.0641. The van der Waals surface area contributed by atoms with Crippen LogP contribution in [0.4, 0.5) is 0 Å². The van der Waals surface area contributed by atoms with Gasteiger partial charge in [-0.25, -0.2) is 0 Å². The smallest absolute Gasteiger partial charge is 0.320 e. The number of rotatable bonds is 3. The number of aliphatic carboxylic acids is 1. The predicted molar refractivity (Wildman–Crippen MR) is 83.7 cm³/mol. The van der Waals surface area contributed by atoms with E-state index in [2.05, 4.69) is 26.9 Å². The summed E-state index contributed by atoms with van der Waals surface area (Å²) < 4.78 is 7.04. The first-order valence-electron chi connectivity index (χ1n) is 7.55. The Balaban J connectivity index is 1.67. The topological polar surface area (TPSA) is 49.8 Å². The number of benzene rings is 1. The highest BCUT2D eigenvalue weighted by atomic mass is 79.9. The zero-order chi connectivity index (χ0) is 14.8. The average molecular weight is 354 g/mol. The van der Waals surface area contributed by atoms with Gasteiger partial charge in [0.1, 0.15) is 17.9 Å². The lowest BCUT2D eigenvalue weighted by Crippen LogP contribution is -2.45. The van der Waals surface area contributed by atoms with Gasteiger partial charge in [0.05, 0.1) is 0 Å². The van der Waals surface area contributed by atoms with E-state index in [-0.39, 0.29) is 12.1 Å². The summed E-state index contributed by atoms with van der Waals surface area (Å²) in [6.07, 6.45) is 4.88. The van der Waals surface area contributed by atoms with E-state index in [1.165, 1.54) is 5.56 Å². The fourth-order valence-electron chi connectivity index (χ4n) is 3.32. The van der Waals surface area contributed by atoms with Crippen LogP contribution >= 0.6 is 15.9 Å². The van der Waals surface area contributed by atoms with E-state index in [0.717, 1.165) is 48.9 Å². The van der Waals surface area contributed by atoms with E-state index in [9.17, 15) is 9.90 Å². The lowest BCUT2D eigenvalue weighted by atomic mass is 10.1. The van der Waals surface area contributed by atoms with Gasteiger partial charge < -0.3 is 9.84 Å². The number of carbonyl (C=O) groups is 1. The molecule has 0 amide bonds. The van der Waals surface area contributed by atoms with Crippen molar-refractivity contribution >= 4 is 21.9 Å². The Morgan fingerprint density at radius 1 is 1.38 bits per heavy atom. The van der Waals surface area contributed by atoms with Gasteiger partial charge in [0.25, 0.3) is 0 Å². The summed E-state index contributed by atoms with van der Waals surface area (Å²) in [5.74, 6) is 0.236. The number of ether oxygens (including phenoxy) is 1. The Hall–Kier alpha value is -1.07. The number of nitrogens with zero attached hydrogens (tertiary/aromatic N) is 1. The minimum Gasteiger partial charge on any atom is -0.488 e. The molecule has 0 bridgehead atoms. The number of hydrogen-bond donors (Lipinski definition) is 1. The summed E-state index contributed by atoms with van der Waals surface area (Å²) in [7, 11) is 0. The molecule has 2 aliphatic heterocycles. The predicted octanol–water partition coefficient (Wildman–Crippen LogP) is 3.08. The lowest BCUT2D eigenvalue weighted by molar-refractivity contribution is -0.143. The van der Waals surface area contributed by atoms with Gasteiger partial charge in [-0.3, -0.25) is 9.69 Å². The molecule has 1 saturated heterocycles. The van der Waals surface area contributed by atoms with Crippen molar-refractivity contribution < 1.29 is 14.6 Å². The van der Waals surface area contributed by atoms with E-state index in [4.69, 9.17) is 4.74 Å². The second-order valence-electron chi connectivity index (χ2n) is 5.89. The first kappa shape index (κ1) is 14.9. The van der Waals surface area contributed by atoms with Crippen molar-refractivity contribution in [3.63, 3.8) is 0 Å². The van der Waals surface area contributed by atoms with Gasteiger partial charge in [-0.05, 0) is 43.1 Å². The van der Waals surface area contributed by atoms with E-state index in [1.54, 1.807) is 0 Å². The molecule has 0 aromatic heterocycles. The molecule has 2 unspecified atom stereocenters. The Kier molecular flexibility index (Phi) is 4.50. The molecule has 2 aliphatic rings. The van der Waals surface area contributed by atoms with Crippen molar-refractivity contribution in [2.45, 2.75) is 44.2 Å². The molecule has 21 heavy (non-hydrogen) atoms. The third-order valence-electron chi connectivity index (χ3n) is 4.35. The monoisotopic (exact) mass is 353 g/mol. The van der Waals surface area contributed by atoms with Crippen LogP contribution in [0.3, 0.4) is 0 Å². The van der Waals surface area contributed by atoms with Crippen molar-refractivity contribution in [1.82, 2.24) is 4.90 Å². The van der Waals surface area contributed by atoms with Crippen LogP contribution < -0.4 is 4.74 Å². The molecule has 4 nitrogen and oxygen atoms in total. The fourth-order valence-corrected chi connectivity index (χ4v) is 3.73. The highest BCUT2D eigenvalue weighted by molar-refractivity contribution is 9.10. The molecule has 0 spiro atoms. The first-order chi connectivity index (χ1) is 10.1. The molecule has 1 fully saturated rings. The van der Waals surface area contributed by atoms with E-state index in [1.807, 2.05) is 12.1 Å². The third kappa shape index (κ3) is 3.40. The fraction of sp³-hybridized carbons (Fsp3) is 0.562. The molecule has 1 aromatic carbocycles. The highest BCUT2D eigenvalue weighted by Gasteiger charge is 2.32. The zero-order valence-electron chi connectivity index (χ0n) is 11.9. The molecular weight excluding hydrogens is 334 g/mol. The van der Waals surface area contributed by atoms with E-state index < -0.39 is 5.97 Å². The summed E-state index contributed by atoms with van der Waals surface area (Å²) in [6.45, 7) is 1.56. The summed E-state index contributed by atoms with van der Waals surface area (Å²) in [6, 6.07) is 5.70. The molecule has 3 rings (SSSR count). The second-order valence-corrected chi connectivity index (χ2v) is 6.81. The molecule has 0 aliphatic carbocycles. The first-order valence-corrected chi connectivity index (χ1v) is 8.35. The maximum Gasteiger partial charge on any atom is 0.320 e. The van der Waals surface area contributed by atoms with Gasteiger partial charge >= 0.3 is 5.97 Å². The van der Waals surface area contributed by atoms with Gasteiger partial charge in [0, 0.05) is 17.4 Å².